The summed E-state index contributed by atoms with van der Waals surface area (Å²) < 4.78 is 26.3. The third-order valence-corrected chi connectivity index (χ3v) is 2.96. The lowest BCUT2D eigenvalue weighted by molar-refractivity contribution is -0.121. The Bertz CT molecular complexity index is 599. The summed E-state index contributed by atoms with van der Waals surface area (Å²) in [5.41, 5.74) is 1.22. The maximum Gasteiger partial charge on any atom is 0.220 e. The first-order valence-corrected chi connectivity index (χ1v) is 6.40. The molecule has 0 saturated heterocycles. The van der Waals surface area contributed by atoms with Crippen LogP contribution in [0.4, 0.5) is 8.78 Å². The van der Waals surface area contributed by atoms with Crippen LogP contribution in [0.5, 0.6) is 0 Å². The highest BCUT2D eigenvalue weighted by Gasteiger charge is 2.05. The van der Waals surface area contributed by atoms with Gasteiger partial charge in [0.1, 0.15) is 11.6 Å². The molecule has 0 aliphatic carbocycles. The Labute approximate surface area is 116 Å². The van der Waals surface area contributed by atoms with Crippen molar-refractivity contribution in [2.75, 3.05) is 0 Å². The topological polar surface area (TPSA) is 29.1 Å². The highest BCUT2D eigenvalue weighted by atomic mass is 19.1. The van der Waals surface area contributed by atoms with Crippen LogP contribution in [0.15, 0.2) is 48.5 Å². The van der Waals surface area contributed by atoms with E-state index in [1.165, 1.54) is 18.2 Å². The van der Waals surface area contributed by atoms with Crippen molar-refractivity contribution in [3.05, 3.63) is 71.3 Å². The van der Waals surface area contributed by atoms with Gasteiger partial charge in [-0.1, -0.05) is 30.3 Å². The Hall–Kier alpha value is -2.23. The molecule has 0 fully saturated rings. The number of hydrogen-bond donors (Lipinski definition) is 1. The number of benzene rings is 2. The standard InChI is InChI=1S/C16H15F2NO/c17-14-6-3-4-12(10-14)8-9-16(20)19-11-13-5-1-2-7-15(13)18/h1-7,10H,8-9,11H2,(H,19,20). The zero-order valence-electron chi connectivity index (χ0n) is 10.9. The Morgan fingerprint density at radius 2 is 1.85 bits per heavy atom. The summed E-state index contributed by atoms with van der Waals surface area (Å²) in [5.74, 6) is -0.829. The molecule has 2 aromatic carbocycles. The quantitative estimate of drug-likeness (QED) is 0.892. The second-order valence-electron chi connectivity index (χ2n) is 4.50. The number of aryl methyl sites for hydroxylation is 1. The molecule has 0 aromatic heterocycles. The molecule has 0 aliphatic rings. The molecule has 1 N–H and O–H groups in total. The van der Waals surface area contributed by atoms with Gasteiger partial charge in [0, 0.05) is 18.5 Å². The van der Waals surface area contributed by atoms with E-state index < -0.39 is 0 Å². The second kappa shape index (κ2) is 6.80. The van der Waals surface area contributed by atoms with Gasteiger partial charge in [0.05, 0.1) is 0 Å². The normalized spacial score (nSPS) is 10.3. The summed E-state index contributed by atoms with van der Waals surface area (Å²) in [4.78, 5) is 11.7. The molecule has 2 rings (SSSR count). The molecule has 0 radical (unpaired) electrons. The zero-order chi connectivity index (χ0) is 14.4. The fourth-order valence-electron chi connectivity index (χ4n) is 1.87. The zero-order valence-corrected chi connectivity index (χ0v) is 10.9. The Balaban J connectivity index is 1.80. The summed E-state index contributed by atoms with van der Waals surface area (Å²) in [6, 6.07) is 12.5. The summed E-state index contributed by atoms with van der Waals surface area (Å²) in [7, 11) is 0. The fraction of sp³-hybridized carbons (Fsp3) is 0.188. The molecule has 2 aromatic rings. The van der Waals surface area contributed by atoms with Gasteiger partial charge in [0.15, 0.2) is 0 Å². The average Bonchev–Trinajstić information content (AvgIpc) is 2.44. The van der Waals surface area contributed by atoms with Crippen LogP contribution in [0, 0.1) is 11.6 Å². The van der Waals surface area contributed by atoms with E-state index in [9.17, 15) is 13.6 Å². The minimum atomic E-state index is -0.335. The van der Waals surface area contributed by atoms with Crippen molar-refractivity contribution < 1.29 is 13.6 Å². The van der Waals surface area contributed by atoms with E-state index in [1.54, 1.807) is 30.3 Å². The molecule has 0 heterocycles. The average molecular weight is 275 g/mol. The van der Waals surface area contributed by atoms with Gasteiger partial charge in [-0.2, -0.15) is 0 Å². The third kappa shape index (κ3) is 4.16. The summed E-state index contributed by atoms with van der Waals surface area (Å²) in [6.07, 6.45) is 0.707. The van der Waals surface area contributed by atoms with E-state index in [0.717, 1.165) is 5.56 Å². The Morgan fingerprint density at radius 3 is 2.60 bits per heavy atom. The van der Waals surface area contributed by atoms with Crippen molar-refractivity contribution >= 4 is 5.91 Å². The molecule has 0 bridgehead atoms. The van der Waals surface area contributed by atoms with Crippen molar-refractivity contribution in [3.63, 3.8) is 0 Å². The lowest BCUT2D eigenvalue weighted by atomic mass is 10.1. The van der Waals surface area contributed by atoms with Gasteiger partial charge >= 0.3 is 0 Å². The number of carbonyl (C=O) groups is 1. The van der Waals surface area contributed by atoms with Gasteiger partial charge in [0.2, 0.25) is 5.91 Å². The largest absolute Gasteiger partial charge is 0.352 e. The number of halogens is 2. The van der Waals surface area contributed by atoms with E-state index in [0.29, 0.717) is 12.0 Å². The third-order valence-electron chi connectivity index (χ3n) is 2.96. The first kappa shape index (κ1) is 14.2. The smallest absolute Gasteiger partial charge is 0.220 e. The highest BCUT2D eigenvalue weighted by Crippen LogP contribution is 2.07. The van der Waals surface area contributed by atoms with Crippen molar-refractivity contribution in [2.45, 2.75) is 19.4 Å². The maximum atomic E-state index is 13.3. The van der Waals surface area contributed by atoms with Crippen molar-refractivity contribution in [3.8, 4) is 0 Å². The van der Waals surface area contributed by atoms with Gasteiger partial charge in [0.25, 0.3) is 0 Å². The first-order valence-electron chi connectivity index (χ1n) is 6.40. The van der Waals surface area contributed by atoms with E-state index in [-0.39, 0.29) is 30.5 Å². The predicted octanol–water partition coefficient (Wildman–Crippen LogP) is 3.21. The summed E-state index contributed by atoms with van der Waals surface area (Å²) >= 11 is 0. The van der Waals surface area contributed by atoms with Crippen LogP contribution in [0.1, 0.15) is 17.5 Å². The van der Waals surface area contributed by atoms with Gasteiger partial charge in [-0.05, 0) is 30.2 Å². The van der Waals surface area contributed by atoms with Crippen LogP contribution in [0.3, 0.4) is 0 Å². The molecule has 0 unspecified atom stereocenters. The molecule has 2 nitrogen and oxygen atoms in total. The molecule has 4 heteroatoms. The first-order chi connectivity index (χ1) is 9.65. The van der Waals surface area contributed by atoms with Crippen LogP contribution in [0.25, 0.3) is 0 Å². The predicted molar refractivity (Wildman–Crippen MR) is 73.0 cm³/mol. The monoisotopic (exact) mass is 275 g/mol. The van der Waals surface area contributed by atoms with Crippen LogP contribution < -0.4 is 5.32 Å². The van der Waals surface area contributed by atoms with Crippen LogP contribution >= 0.6 is 0 Å². The Morgan fingerprint density at radius 1 is 1.05 bits per heavy atom. The number of carbonyl (C=O) groups excluding carboxylic acids is 1. The number of rotatable bonds is 5. The van der Waals surface area contributed by atoms with Crippen molar-refractivity contribution in [1.82, 2.24) is 5.32 Å². The van der Waals surface area contributed by atoms with Gasteiger partial charge in [-0.3, -0.25) is 4.79 Å². The second-order valence-corrected chi connectivity index (χ2v) is 4.50. The highest BCUT2D eigenvalue weighted by molar-refractivity contribution is 5.76. The molecule has 104 valence electrons. The Kier molecular flexibility index (Phi) is 4.82. The minimum absolute atomic E-state index is 0.161. The van der Waals surface area contributed by atoms with Crippen LogP contribution in [0.2, 0.25) is 0 Å². The molecule has 0 aliphatic heterocycles. The van der Waals surface area contributed by atoms with Crippen molar-refractivity contribution in [2.24, 2.45) is 0 Å². The molecule has 0 atom stereocenters. The fourth-order valence-corrected chi connectivity index (χ4v) is 1.87. The van der Waals surface area contributed by atoms with E-state index in [4.69, 9.17) is 0 Å². The molecular formula is C16H15F2NO. The van der Waals surface area contributed by atoms with Gasteiger partial charge < -0.3 is 5.32 Å². The van der Waals surface area contributed by atoms with Gasteiger partial charge in [-0.15, -0.1) is 0 Å². The van der Waals surface area contributed by atoms with Gasteiger partial charge in [-0.25, -0.2) is 8.78 Å². The van der Waals surface area contributed by atoms with E-state index >= 15 is 0 Å². The van der Waals surface area contributed by atoms with Crippen molar-refractivity contribution in [1.29, 1.82) is 0 Å². The minimum Gasteiger partial charge on any atom is -0.352 e. The maximum absolute atomic E-state index is 13.3. The molecule has 0 saturated carbocycles. The van der Waals surface area contributed by atoms with E-state index in [2.05, 4.69) is 5.32 Å². The number of hydrogen-bond acceptors (Lipinski definition) is 1. The molecule has 20 heavy (non-hydrogen) atoms. The summed E-state index contributed by atoms with van der Waals surface area (Å²) in [5, 5.41) is 2.65. The molecule has 0 spiro atoms. The van der Waals surface area contributed by atoms with Crippen LogP contribution in [-0.2, 0) is 17.8 Å². The molecular weight excluding hydrogens is 260 g/mol. The lowest BCUT2D eigenvalue weighted by Crippen LogP contribution is -2.23. The molecule has 1 amide bonds. The van der Waals surface area contributed by atoms with E-state index in [1.807, 2.05) is 0 Å². The van der Waals surface area contributed by atoms with Crippen LogP contribution in [-0.4, -0.2) is 5.91 Å². The number of nitrogens with one attached hydrogen (secondary N) is 1. The SMILES string of the molecule is O=C(CCc1cccc(F)c1)NCc1ccccc1F. The lowest BCUT2D eigenvalue weighted by Gasteiger charge is -2.06. The number of amides is 1. The summed E-state index contributed by atoms with van der Waals surface area (Å²) in [6.45, 7) is 0.161.